The van der Waals surface area contributed by atoms with Gasteiger partial charge in [-0.3, -0.25) is 0 Å². The molecule has 0 aliphatic carbocycles. The average molecular weight is 335 g/mol. The van der Waals surface area contributed by atoms with Gasteiger partial charge in [-0.1, -0.05) is 29.8 Å². The van der Waals surface area contributed by atoms with Crippen molar-refractivity contribution >= 4 is 26.0 Å². The molecule has 102 valence electrons. The fraction of sp³-hybridized carbons (Fsp3) is 0.500. The van der Waals surface area contributed by atoms with Gasteiger partial charge in [0.2, 0.25) is 10.0 Å². The van der Waals surface area contributed by atoms with Gasteiger partial charge in [0, 0.05) is 17.1 Å². The molecule has 0 aliphatic rings. The Morgan fingerprint density at radius 1 is 1.33 bits per heavy atom. The van der Waals surface area contributed by atoms with Crippen LogP contribution in [0.3, 0.4) is 0 Å². The smallest absolute Gasteiger partial charge is 0.240 e. The number of hydrogen-bond acceptors (Lipinski definition) is 3. The molecule has 6 heteroatoms. The second-order valence-corrected chi connectivity index (χ2v) is 7.15. The van der Waals surface area contributed by atoms with E-state index in [0.29, 0.717) is 17.5 Å². The molecule has 1 rings (SSSR count). The molecule has 0 amide bonds. The number of hydrogen-bond donors (Lipinski definition) is 2. The van der Waals surface area contributed by atoms with E-state index in [2.05, 4.69) is 39.8 Å². The summed E-state index contributed by atoms with van der Waals surface area (Å²) >= 11 is 3.41. The van der Waals surface area contributed by atoms with E-state index in [1.54, 1.807) is 13.0 Å². The van der Waals surface area contributed by atoms with E-state index < -0.39 is 10.0 Å². The van der Waals surface area contributed by atoms with Crippen LogP contribution >= 0.6 is 15.9 Å². The van der Waals surface area contributed by atoms with Crippen molar-refractivity contribution in [3.05, 3.63) is 27.7 Å². The van der Waals surface area contributed by atoms with E-state index in [1.165, 1.54) is 7.05 Å². The zero-order valence-electron chi connectivity index (χ0n) is 11.0. The number of nitrogens with one attached hydrogen (secondary N) is 2. The Hall–Kier alpha value is -0.430. The Kier molecular flexibility index (Phi) is 5.33. The minimum Gasteiger partial charge on any atom is -0.310 e. The van der Waals surface area contributed by atoms with Gasteiger partial charge in [0.25, 0.3) is 0 Å². The van der Waals surface area contributed by atoms with Crippen molar-refractivity contribution in [1.29, 1.82) is 0 Å². The standard InChI is InChI=1S/C12H19BrN2O2S/c1-8(2)15-7-10-5-11(13)9(3)12(6-10)18(16,17)14-4/h5-6,8,14-15H,7H2,1-4H3. The van der Waals surface area contributed by atoms with Gasteiger partial charge < -0.3 is 5.32 Å². The summed E-state index contributed by atoms with van der Waals surface area (Å²) in [4.78, 5) is 0.319. The SMILES string of the molecule is CNS(=O)(=O)c1cc(CNC(C)C)cc(Br)c1C. The van der Waals surface area contributed by atoms with Gasteiger partial charge in [0.15, 0.2) is 0 Å². The fourth-order valence-electron chi connectivity index (χ4n) is 1.52. The summed E-state index contributed by atoms with van der Waals surface area (Å²) in [5, 5.41) is 3.27. The minimum absolute atomic E-state index is 0.319. The molecule has 0 saturated carbocycles. The van der Waals surface area contributed by atoms with Gasteiger partial charge in [-0.15, -0.1) is 0 Å². The summed E-state index contributed by atoms with van der Waals surface area (Å²) in [6.07, 6.45) is 0. The van der Waals surface area contributed by atoms with Gasteiger partial charge in [0.05, 0.1) is 4.90 Å². The third kappa shape index (κ3) is 3.78. The van der Waals surface area contributed by atoms with Crippen LogP contribution < -0.4 is 10.0 Å². The first-order valence-electron chi connectivity index (χ1n) is 5.74. The lowest BCUT2D eigenvalue weighted by Gasteiger charge is -2.13. The quantitative estimate of drug-likeness (QED) is 0.867. The Morgan fingerprint density at radius 2 is 1.94 bits per heavy atom. The van der Waals surface area contributed by atoms with Crippen molar-refractivity contribution in [3.63, 3.8) is 0 Å². The Balaban J connectivity index is 3.19. The maximum atomic E-state index is 11.9. The fourth-order valence-corrected chi connectivity index (χ4v) is 3.20. The molecule has 0 atom stereocenters. The van der Waals surface area contributed by atoms with Crippen molar-refractivity contribution in [2.75, 3.05) is 7.05 Å². The molecule has 0 aliphatic heterocycles. The molecule has 0 aromatic heterocycles. The molecule has 2 N–H and O–H groups in total. The molecule has 0 spiro atoms. The van der Waals surface area contributed by atoms with Gasteiger partial charge in [-0.05, 0) is 37.2 Å². The zero-order valence-corrected chi connectivity index (χ0v) is 13.4. The van der Waals surface area contributed by atoms with Crippen LogP contribution in [0.4, 0.5) is 0 Å². The van der Waals surface area contributed by atoms with E-state index in [9.17, 15) is 8.42 Å². The molecule has 0 unspecified atom stereocenters. The summed E-state index contributed by atoms with van der Waals surface area (Å²) in [6.45, 7) is 6.53. The second-order valence-electron chi connectivity index (χ2n) is 4.44. The molecule has 0 fully saturated rings. The third-order valence-electron chi connectivity index (χ3n) is 2.63. The Bertz CT molecular complexity index is 527. The summed E-state index contributed by atoms with van der Waals surface area (Å²) in [5.74, 6) is 0. The predicted octanol–water partition coefficient (Wildman–Crippen LogP) is 2.16. The zero-order chi connectivity index (χ0) is 13.9. The summed E-state index contributed by atoms with van der Waals surface area (Å²) in [7, 11) is -2.00. The lowest BCUT2D eigenvalue weighted by atomic mass is 10.1. The minimum atomic E-state index is -3.42. The number of halogens is 1. The first kappa shape index (κ1) is 15.6. The predicted molar refractivity (Wildman–Crippen MR) is 77.1 cm³/mol. The average Bonchev–Trinajstić information content (AvgIpc) is 2.30. The molecule has 4 nitrogen and oxygen atoms in total. The lowest BCUT2D eigenvalue weighted by Crippen LogP contribution is -2.23. The van der Waals surface area contributed by atoms with Crippen molar-refractivity contribution in [2.24, 2.45) is 0 Å². The van der Waals surface area contributed by atoms with Crippen LogP contribution in [0, 0.1) is 6.92 Å². The first-order chi connectivity index (χ1) is 8.27. The van der Waals surface area contributed by atoms with Crippen LogP contribution in [-0.2, 0) is 16.6 Å². The van der Waals surface area contributed by atoms with Crippen LogP contribution in [0.5, 0.6) is 0 Å². The van der Waals surface area contributed by atoms with E-state index in [-0.39, 0.29) is 0 Å². The summed E-state index contributed by atoms with van der Waals surface area (Å²) < 4.78 is 27.0. The maximum absolute atomic E-state index is 11.9. The maximum Gasteiger partial charge on any atom is 0.240 e. The highest BCUT2D eigenvalue weighted by Crippen LogP contribution is 2.25. The molecule has 0 bridgehead atoms. The van der Waals surface area contributed by atoms with E-state index in [4.69, 9.17) is 0 Å². The van der Waals surface area contributed by atoms with Crippen LogP contribution in [0.2, 0.25) is 0 Å². The molecular weight excluding hydrogens is 316 g/mol. The summed E-state index contributed by atoms with van der Waals surface area (Å²) in [6, 6.07) is 4.01. The number of sulfonamides is 1. The van der Waals surface area contributed by atoms with Crippen LogP contribution in [-0.4, -0.2) is 21.5 Å². The van der Waals surface area contributed by atoms with E-state index in [0.717, 1.165) is 15.6 Å². The van der Waals surface area contributed by atoms with Gasteiger partial charge in [-0.2, -0.15) is 0 Å². The van der Waals surface area contributed by atoms with Crippen LogP contribution in [0.15, 0.2) is 21.5 Å². The van der Waals surface area contributed by atoms with E-state index >= 15 is 0 Å². The van der Waals surface area contributed by atoms with Gasteiger partial charge in [0.1, 0.15) is 0 Å². The van der Waals surface area contributed by atoms with Crippen LogP contribution in [0.1, 0.15) is 25.0 Å². The van der Waals surface area contributed by atoms with Crippen LogP contribution in [0.25, 0.3) is 0 Å². The van der Waals surface area contributed by atoms with Gasteiger partial charge >= 0.3 is 0 Å². The topological polar surface area (TPSA) is 58.2 Å². The monoisotopic (exact) mass is 334 g/mol. The normalized spacial score (nSPS) is 12.1. The molecule has 1 aromatic carbocycles. The second kappa shape index (κ2) is 6.14. The molecule has 0 radical (unpaired) electrons. The number of benzene rings is 1. The van der Waals surface area contributed by atoms with Crippen molar-refractivity contribution in [1.82, 2.24) is 10.0 Å². The molecular formula is C12H19BrN2O2S. The highest BCUT2D eigenvalue weighted by Gasteiger charge is 2.17. The Labute approximate surface area is 117 Å². The molecule has 1 aromatic rings. The van der Waals surface area contributed by atoms with Gasteiger partial charge in [-0.25, -0.2) is 13.1 Å². The molecule has 0 saturated heterocycles. The van der Waals surface area contributed by atoms with Crippen molar-refractivity contribution in [3.8, 4) is 0 Å². The summed E-state index contributed by atoms with van der Waals surface area (Å²) in [5.41, 5.74) is 1.66. The van der Waals surface area contributed by atoms with E-state index in [1.807, 2.05) is 6.07 Å². The first-order valence-corrected chi connectivity index (χ1v) is 8.01. The van der Waals surface area contributed by atoms with Crippen molar-refractivity contribution < 1.29 is 8.42 Å². The lowest BCUT2D eigenvalue weighted by molar-refractivity contribution is 0.582. The largest absolute Gasteiger partial charge is 0.310 e. The Morgan fingerprint density at radius 3 is 2.44 bits per heavy atom. The highest BCUT2D eigenvalue weighted by atomic mass is 79.9. The van der Waals surface area contributed by atoms with Crippen molar-refractivity contribution in [2.45, 2.75) is 38.3 Å². The molecule has 0 heterocycles. The third-order valence-corrected chi connectivity index (χ3v) is 4.99. The number of rotatable bonds is 5. The molecule has 18 heavy (non-hydrogen) atoms. The highest BCUT2D eigenvalue weighted by molar-refractivity contribution is 9.10.